The number of carbonyl (C=O) groups is 1. The van der Waals surface area contributed by atoms with E-state index in [1.165, 1.54) is 0 Å². The SMILES string of the molecule is C=CCn1c(SCc2ccc(Cl)cc2)nnc1[C@H](NC(=O)c1cccc(C)c1)C(C)C. The highest BCUT2D eigenvalue weighted by molar-refractivity contribution is 7.98. The van der Waals surface area contributed by atoms with E-state index in [1.807, 2.05) is 66.1 Å². The molecule has 1 atom stereocenters. The van der Waals surface area contributed by atoms with Gasteiger partial charge in [0.1, 0.15) is 0 Å². The van der Waals surface area contributed by atoms with Crippen LogP contribution in [-0.2, 0) is 12.3 Å². The Morgan fingerprint density at radius 1 is 1.23 bits per heavy atom. The first-order valence-electron chi connectivity index (χ1n) is 10.2. The third kappa shape index (κ3) is 5.99. The molecule has 5 nitrogen and oxygen atoms in total. The fraction of sp³-hybridized carbons (Fsp3) is 0.292. The molecule has 0 bridgehead atoms. The summed E-state index contributed by atoms with van der Waals surface area (Å²) in [5, 5.41) is 13.5. The fourth-order valence-electron chi connectivity index (χ4n) is 3.21. The number of amides is 1. The summed E-state index contributed by atoms with van der Waals surface area (Å²) in [7, 11) is 0. The van der Waals surface area contributed by atoms with Gasteiger partial charge in [0.25, 0.3) is 5.91 Å². The summed E-state index contributed by atoms with van der Waals surface area (Å²) in [6.45, 7) is 10.5. The molecule has 0 spiro atoms. The largest absolute Gasteiger partial charge is 0.342 e. The lowest BCUT2D eigenvalue weighted by atomic mass is 10.0. The van der Waals surface area contributed by atoms with Crippen LogP contribution in [-0.4, -0.2) is 20.7 Å². The summed E-state index contributed by atoms with van der Waals surface area (Å²) < 4.78 is 2.02. The molecule has 3 rings (SSSR count). The quantitative estimate of drug-likeness (QED) is 0.325. The van der Waals surface area contributed by atoms with E-state index in [1.54, 1.807) is 11.8 Å². The minimum absolute atomic E-state index is 0.120. The van der Waals surface area contributed by atoms with Gasteiger partial charge >= 0.3 is 0 Å². The topological polar surface area (TPSA) is 59.8 Å². The molecule has 0 radical (unpaired) electrons. The Labute approximate surface area is 192 Å². The number of allylic oxidation sites excluding steroid dienone is 1. The first-order chi connectivity index (χ1) is 14.9. The third-order valence-electron chi connectivity index (χ3n) is 4.85. The van der Waals surface area contributed by atoms with Gasteiger partial charge in [0, 0.05) is 22.9 Å². The van der Waals surface area contributed by atoms with Crippen LogP contribution < -0.4 is 5.32 Å². The van der Waals surface area contributed by atoms with E-state index in [0.29, 0.717) is 12.1 Å². The Balaban J connectivity index is 1.83. The molecule has 0 saturated heterocycles. The monoisotopic (exact) mass is 454 g/mol. The number of aromatic nitrogens is 3. The number of hydrogen-bond donors (Lipinski definition) is 1. The second-order valence-electron chi connectivity index (χ2n) is 7.72. The van der Waals surface area contributed by atoms with Gasteiger partial charge in [0.15, 0.2) is 11.0 Å². The summed E-state index contributed by atoms with van der Waals surface area (Å²) in [6, 6.07) is 15.1. The Morgan fingerprint density at radius 3 is 2.61 bits per heavy atom. The molecule has 1 N–H and O–H groups in total. The van der Waals surface area contributed by atoms with E-state index in [4.69, 9.17) is 11.6 Å². The zero-order valence-electron chi connectivity index (χ0n) is 18.0. The van der Waals surface area contributed by atoms with E-state index >= 15 is 0 Å². The Kier molecular flexibility index (Phi) is 7.93. The maximum atomic E-state index is 12.9. The Bertz CT molecular complexity index is 1050. The van der Waals surface area contributed by atoms with Crippen LogP contribution >= 0.6 is 23.4 Å². The van der Waals surface area contributed by atoms with Crippen LogP contribution in [0.5, 0.6) is 0 Å². The molecule has 2 aromatic carbocycles. The highest BCUT2D eigenvalue weighted by Crippen LogP contribution is 2.28. The van der Waals surface area contributed by atoms with Gasteiger partial charge < -0.3 is 9.88 Å². The van der Waals surface area contributed by atoms with Gasteiger partial charge in [-0.1, -0.05) is 73.1 Å². The molecule has 31 heavy (non-hydrogen) atoms. The number of aryl methyl sites for hydroxylation is 1. The van der Waals surface area contributed by atoms with Crippen molar-refractivity contribution in [3.8, 4) is 0 Å². The van der Waals surface area contributed by atoms with E-state index in [9.17, 15) is 4.79 Å². The first kappa shape index (κ1) is 23.1. The second-order valence-corrected chi connectivity index (χ2v) is 9.10. The van der Waals surface area contributed by atoms with E-state index in [-0.39, 0.29) is 17.9 Å². The zero-order valence-corrected chi connectivity index (χ0v) is 19.6. The van der Waals surface area contributed by atoms with Crippen molar-refractivity contribution < 1.29 is 4.79 Å². The summed E-state index contributed by atoms with van der Waals surface area (Å²) in [5.74, 6) is 1.49. The number of thioether (sulfide) groups is 1. The van der Waals surface area contributed by atoms with Crippen LogP contribution in [0.25, 0.3) is 0 Å². The molecule has 1 amide bonds. The van der Waals surface area contributed by atoms with Crippen molar-refractivity contribution in [1.29, 1.82) is 0 Å². The number of rotatable bonds is 9. The second kappa shape index (κ2) is 10.6. The predicted octanol–water partition coefficient (Wildman–Crippen LogP) is 5.85. The van der Waals surface area contributed by atoms with Crippen molar-refractivity contribution >= 4 is 29.3 Å². The zero-order chi connectivity index (χ0) is 22.4. The van der Waals surface area contributed by atoms with Crippen molar-refractivity contribution in [3.05, 3.63) is 88.7 Å². The number of nitrogens with zero attached hydrogens (tertiary/aromatic N) is 3. The highest BCUT2D eigenvalue weighted by atomic mass is 35.5. The fourth-order valence-corrected chi connectivity index (χ4v) is 4.24. The standard InChI is InChI=1S/C24H27ClN4OS/c1-5-13-29-22(27-28-24(29)31-15-18-9-11-20(25)12-10-18)21(16(2)3)26-23(30)19-8-6-7-17(4)14-19/h5-12,14,16,21H,1,13,15H2,2-4H3,(H,26,30)/t21-/m1/s1. The normalized spacial score (nSPS) is 12.0. The molecular weight excluding hydrogens is 428 g/mol. The lowest BCUT2D eigenvalue weighted by Gasteiger charge is -2.22. The summed E-state index contributed by atoms with van der Waals surface area (Å²) >= 11 is 7.58. The molecule has 0 saturated carbocycles. The first-order valence-corrected chi connectivity index (χ1v) is 11.5. The number of benzene rings is 2. The molecule has 1 aromatic heterocycles. The number of hydrogen-bond acceptors (Lipinski definition) is 4. The average molecular weight is 455 g/mol. The van der Waals surface area contributed by atoms with Gasteiger partial charge in [-0.25, -0.2) is 0 Å². The molecule has 0 aliphatic heterocycles. The van der Waals surface area contributed by atoms with Gasteiger partial charge in [-0.15, -0.1) is 16.8 Å². The number of carbonyl (C=O) groups excluding carboxylic acids is 1. The predicted molar refractivity (Wildman–Crippen MR) is 127 cm³/mol. The summed E-state index contributed by atoms with van der Waals surface area (Å²) in [4.78, 5) is 12.9. The molecule has 3 aromatic rings. The Morgan fingerprint density at radius 2 is 1.97 bits per heavy atom. The number of nitrogens with one attached hydrogen (secondary N) is 1. The summed E-state index contributed by atoms with van der Waals surface area (Å²) in [5.41, 5.74) is 2.83. The molecule has 0 aliphatic carbocycles. The minimum atomic E-state index is -0.273. The third-order valence-corrected chi connectivity index (χ3v) is 6.14. The smallest absolute Gasteiger partial charge is 0.251 e. The highest BCUT2D eigenvalue weighted by Gasteiger charge is 2.26. The number of halogens is 1. The van der Waals surface area contributed by atoms with Crippen molar-refractivity contribution in [1.82, 2.24) is 20.1 Å². The maximum Gasteiger partial charge on any atom is 0.251 e. The summed E-state index contributed by atoms with van der Waals surface area (Å²) in [6.07, 6.45) is 1.82. The molecule has 0 fully saturated rings. The van der Waals surface area contributed by atoms with Crippen LogP contribution in [0.15, 0.2) is 66.3 Å². The van der Waals surface area contributed by atoms with Crippen molar-refractivity contribution in [2.75, 3.05) is 0 Å². The van der Waals surface area contributed by atoms with Crippen LogP contribution in [0.3, 0.4) is 0 Å². The van der Waals surface area contributed by atoms with Gasteiger partial charge in [0.05, 0.1) is 6.04 Å². The van der Waals surface area contributed by atoms with Gasteiger partial charge in [0.2, 0.25) is 0 Å². The van der Waals surface area contributed by atoms with Crippen LogP contribution in [0.4, 0.5) is 0 Å². The lowest BCUT2D eigenvalue weighted by Crippen LogP contribution is -2.33. The Hall–Kier alpha value is -2.57. The van der Waals surface area contributed by atoms with Crippen molar-refractivity contribution in [3.63, 3.8) is 0 Å². The molecule has 7 heteroatoms. The van der Waals surface area contributed by atoms with E-state index < -0.39 is 0 Å². The van der Waals surface area contributed by atoms with E-state index in [2.05, 4.69) is 35.9 Å². The van der Waals surface area contributed by atoms with Crippen molar-refractivity contribution in [2.45, 2.75) is 44.3 Å². The molecule has 162 valence electrons. The lowest BCUT2D eigenvalue weighted by molar-refractivity contribution is 0.0922. The van der Waals surface area contributed by atoms with Crippen LogP contribution in [0.1, 0.15) is 47.2 Å². The van der Waals surface area contributed by atoms with Crippen molar-refractivity contribution in [2.24, 2.45) is 5.92 Å². The minimum Gasteiger partial charge on any atom is -0.342 e. The maximum absolute atomic E-state index is 12.9. The average Bonchev–Trinajstić information content (AvgIpc) is 3.13. The molecule has 0 unspecified atom stereocenters. The van der Waals surface area contributed by atoms with Crippen LogP contribution in [0, 0.1) is 12.8 Å². The molecule has 1 heterocycles. The van der Waals surface area contributed by atoms with Crippen LogP contribution in [0.2, 0.25) is 5.02 Å². The van der Waals surface area contributed by atoms with Gasteiger partial charge in [-0.05, 0) is 42.7 Å². The molecule has 0 aliphatic rings. The molecular formula is C24H27ClN4OS. The van der Waals surface area contributed by atoms with Gasteiger partial charge in [-0.3, -0.25) is 4.79 Å². The van der Waals surface area contributed by atoms with E-state index in [0.717, 1.165) is 32.9 Å². The van der Waals surface area contributed by atoms with Gasteiger partial charge in [-0.2, -0.15) is 0 Å².